The average molecular weight is 457 g/mol. The third-order valence-electron chi connectivity index (χ3n) is 5.60. The minimum atomic E-state index is -4.70. The maximum absolute atomic E-state index is 12.3. The molecule has 0 bridgehead atoms. The smallest absolute Gasteiger partial charge is 0.406 e. The molecule has 0 amide bonds. The highest BCUT2D eigenvalue weighted by atomic mass is 32.2. The fourth-order valence-corrected chi connectivity index (χ4v) is 4.65. The molecule has 1 fully saturated rings. The van der Waals surface area contributed by atoms with E-state index < -0.39 is 17.3 Å². The number of ether oxygens (including phenoxy) is 1. The zero-order valence-corrected chi connectivity index (χ0v) is 17.4. The van der Waals surface area contributed by atoms with E-state index in [1.54, 1.807) is 24.3 Å². The van der Waals surface area contributed by atoms with Gasteiger partial charge >= 0.3 is 6.36 Å². The van der Waals surface area contributed by atoms with Crippen molar-refractivity contribution in [3.05, 3.63) is 78.1 Å². The topological polar surface area (TPSA) is 81.0 Å². The molecule has 3 unspecified atom stereocenters. The van der Waals surface area contributed by atoms with Crippen LogP contribution in [-0.2, 0) is 11.0 Å². The first kappa shape index (κ1) is 20.7. The van der Waals surface area contributed by atoms with Gasteiger partial charge in [0.1, 0.15) is 22.6 Å². The van der Waals surface area contributed by atoms with Crippen molar-refractivity contribution in [2.75, 3.05) is 0 Å². The fraction of sp³-hybridized carbons (Fsp3) is 0.174. The van der Waals surface area contributed by atoms with Gasteiger partial charge in [-0.3, -0.25) is 0 Å². The lowest BCUT2D eigenvalue weighted by Gasteiger charge is -2.09. The Morgan fingerprint density at radius 2 is 1.78 bits per heavy atom. The number of imidazole rings is 1. The molecule has 0 aliphatic heterocycles. The number of fused-ring (bicyclic) bond motifs is 1. The third-order valence-corrected chi connectivity index (χ3v) is 6.39. The van der Waals surface area contributed by atoms with Crippen LogP contribution in [0.15, 0.2) is 71.6 Å². The highest BCUT2D eigenvalue weighted by Gasteiger charge is 2.42. The van der Waals surface area contributed by atoms with E-state index in [4.69, 9.17) is 10.1 Å². The molecule has 164 valence electrons. The van der Waals surface area contributed by atoms with Crippen LogP contribution in [0.2, 0.25) is 0 Å². The lowest BCUT2D eigenvalue weighted by Crippen LogP contribution is -2.16. The van der Waals surface area contributed by atoms with Gasteiger partial charge in [-0.2, -0.15) is 0 Å². The lowest BCUT2D eigenvalue weighted by molar-refractivity contribution is -0.274. The first-order valence-electron chi connectivity index (χ1n) is 9.89. The molecule has 0 radical (unpaired) electrons. The number of H-pyrrole nitrogens is 1. The van der Waals surface area contributed by atoms with E-state index >= 15 is 0 Å². The lowest BCUT2D eigenvalue weighted by atomic mass is 10.1. The van der Waals surface area contributed by atoms with Gasteiger partial charge in [-0.15, -0.1) is 13.2 Å². The molecule has 5 rings (SSSR count). The van der Waals surface area contributed by atoms with Crippen LogP contribution in [0.3, 0.4) is 0 Å². The second-order valence-corrected chi connectivity index (χ2v) is 8.75. The van der Waals surface area contributed by atoms with Gasteiger partial charge in [-0.1, -0.05) is 36.4 Å². The molecule has 32 heavy (non-hydrogen) atoms. The van der Waals surface area contributed by atoms with Crippen molar-refractivity contribution in [3.8, 4) is 16.9 Å². The van der Waals surface area contributed by atoms with Crippen LogP contribution in [0.5, 0.6) is 5.75 Å². The van der Waals surface area contributed by atoms with Gasteiger partial charge in [0.05, 0.1) is 15.9 Å². The van der Waals surface area contributed by atoms with Crippen LogP contribution in [0.1, 0.15) is 29.6 Å². The number of benzene rings is 3. The Bertz CT molecular complexity index is 1320. The van der Waals surface area contributed by atoms with Crippen LogP contribution in [-0.4, -0.2) is 20.5 Å². The first-order chi connectivity index (χ1) is 15.3. The minimum absolute atomic E-state index is 0.170. The molecule has 4 aromatic rings. The molecular weight excluding hydrogens is 439 g/mol. The van der Waals surface area contributed by atoms with E-state index in [1.165, 1.54) is 12.1 Å². The zero-order valence-electron chi connectivity index (χ0n) is 16.6. The monoisotopic (exact) mass is 457 g/mol. The largest absolute Gasteiger partial charge is 0.573 e. The molecule has 3 aromatic carbocycles. The van der Waals surface area contributed by atoms with Gasteiger partial charge in [0.25, 0.3) is 0 Å². The Kier molecular flexibility index (Phi) is 5.02. The average Bonchev–Trinajstić information content (AvgIpc) is 3.44. The molecule has 1 aliphatic rings. The van der Waals surface area contributed by atoms with Crippen molar-refractivity contribution in [2.45, 2.75) is 29.5 Å². The number of aromatic nitrogens is 2. The number of rotatable bonds is 5. The summed E-state index contributed by atoms with van der Waals surface area (Å²) in [5.74, 6) is 0.973. The number of alkyl halides is 3. The summed E-state index contributed by atoms with van der Waals surface area (Å²) in [5.41, 5.74) is 4.31. The number of nitrogens with one attached hydrogen (secondary N) is 1. The summed E-state index contributed by atoms with van der Waals surface area (Å²) in [7, 11) is -1.60. The molecule has 9 heteroatoms. The summed E-state index contributed by atoms with van der Waals surface area (Å²) < 4.78 is 52.8. The van der Waals surface area contributed by atoms with Gasteiger partial charge in [-0.05, 0) is 59.4 Å². The quantitative estimate of drug-likeness (QED) is 0.422. The van der Waals surface area contributed by atoms with Crippen LogP contribution in [0.4, 0.5) is 13.2 Å². The van der Waals surface area contributed by atoms with Gasteiger partial charge in [0.15, 0.2) is 0 Å². The fourth-order valence-electron chi connectivity index (χ4n) is 4.04. The van der Waals surface area contributed by atoms with E-state index in [0.29, 0.717) is 4.90 Å². The Hall–Kier alpha value is -3.17. The van der Waals surface area contributed by atoms with Crippen molar-refractivity contribution < 1.29 is 22.1 Å². The van der Waals surface area contributed by atoms with Crippen molar-refractivity contribution in [2.24, 2.45) is 5.14 Å². The molecule has 0 spiro atoms. The van der Waals surface area contributed by atoms with Crippen molar-refractivity contribution in [1.82, 2.24) is 9.97 Å². The summed E-state index contributed by atoms with van der Waals surface area (Å²) in [4.78, 5) is 8.62. The van der Waals surface area contributed by atoms with E-state index in [0.717, 1.165) is 40.0 Å². The maximum Gasteiger partial charge on any atom is 0.573 e. The Labute approximate surface area is 184 Å². The number of hydrogen-bond donors (Lipinski definition) is 2. The van der Waals surface area contributed by atoms with Gasteiger partial charge in [-0.25, -0.2) is 14.3 Å². The van der Waals surface area contributed by atoms with Crippen molar-refractivity contribution in [3.63, 3.8) is 0 Å². The molecule has 1 heterocycles. The predicted molar refractivity (Wildman–Crippen MR) is 115 cm³/mol. The summed E-state index contributed by atoms with van der Waals surface area (Å²) >= 11 is 0. The first-order valence-corrected chi connectivity index (χ1v) is 11.1. The summed E-state index contributed by atoms with van der Waals surface area (Å²) in [6.07, 6.45) is -3.84. The highest BCUT2D eigenvalue weighted by Crippen LogP contribution is 2.54. The van der Waals surface area contributed by atoms with E-state index in [-0.39, 0.29) is 17.6 Å². The second-order valence-electron chi connectivity index (χ2n) is 7.71. The standard InChI is InChI=1S/C23H18F3N3O2S/c24-23(25,26)31-15-8-5-13(6-9-15)17-12-18(17)22-28-19-10-7-14(11-20(19)29-22)16-3-1-2-4-21(16)32(27)30/h1-11,17-18H,12,27H2,(H,28,29). The molecule has 3 N–H and O–H groups in total. The second kappa shape index (κ2) is 7.75. The Morgan fingerprint density at radius 1 is 1.03 bits per heavy atom. The Balaban J connectivity index is 1.37. The zero-order chi connectivity index (χ0) is 22.5. The molecule has 5 nitrogen and oxygen atoms in total. The highest BCUT2D eigenvalue weighted by molar-refractivity contribution is 7.82. The van der Waals surface area contributed by atoms with Crippen LogP contribution >= 0.6 is 0 Å². The third kappa shape index (κ3) is 4.13. The molecule has 1 aromatic heterocycles. The number of nitrogens with zero attached hydrogens (tertiary/aromatic N) is 1. The molecule has 3 atom stereocenters. The van der Waals surface area contributed by atoms with Gasteiger partial charge in [0.2, 0.25) is 0 Å². The molecule has 1 aliphatic carbocycles. The van der Waals surface area contributed by atoms with E-state index in [2.05, 4.69) is 9.72 Å². The number of halogens is 3. The normalized spacial score (nSPS) is 19.1. The molecular formula is C23H18F3N3O2S. The van der Waals surface area contributed by atoms with Crippen LogP contribution < -0.4 is 9.88 Å². The van der Waals surface area contributed by atoms with Gasteiger partial charge in [0, 0.05) is 5.92 Å². The minimum Gasteiger partial charge on any atom is -0.406 e. The van der Waals surface area contributed by atoms with Crippen molar-refractivity contribution in [1.29, 1.82) is 0 Å². The number of hydrogen-bond acceptors (Lipinski definition) is 3. The molecule has 0 saturated heterocycles. The molecule has 1 saturated carbocycles. The summed E-state index contributed by atoms with van der Waals surface area (Å²) in [5, 5.41) is 5.62. The number of nitrogens with two attached hydrogens (primary N) is 1. The van der Waals surface area contributed by atoms with Crippen molar-refractivity contribution >= 4 is 22.0 Å². The van der Waals surface area contributed by atoms with E-state index in [1.807, 2.05) is 30.3 Å². The summed E-state index contributed by atoms with van der Waals surface area (Å²) in [6, 6.07) is 19.1. The Morgan fingerprint density at radius 3 is 2.50 bits per heavy atom. The van der Waals surface area contributed by atoms with E-state index in [9.17, 15) is 17.4 Å². The van der Waals surface area contributed by atoms with Gasteiger partial charge < -0.3 is 9.72 Å². The SMILES string of the molecule is NS(=O)c1ccccc1-c1ccc2nc(C3CC3c3ccc(OC(F)(F)F)cc3)[nH]c2c1. The number of aromatic amines is 1. The summed E-state index contributed by atoms with van der Waals surface area (Å²) in [6.45, 7) is 0. The van der Waals surface area contributed by atoms with Crippen LogP contribution in [0, 0.1) is 0 Å². The maximum atomic E-state index is 12.3. The predicted octanol–water partition coefficient (Wildman–Crippen LogP) is 5.38. The van der Waals surface area contributed by atoms with Crippen LogP contribution in [0.25, 0.3) is 22.2 Å².